The van der Waals surface area contributed by atoms with Crippen LogP contribution in [0.5, 0.6) is 5.75 Å². The molecular formula is C24H30N6O2. The summed E-state index contributed by atoms with van der Waals surface area (Å²) in [6.45, 7) is 12.3. The van der Waals surface area contributed by atoms with E-state index < -0.39 is 0 Å². The van der Waals surface area contributed by atoms with Crippen LogP contribution in [-0.4, -0.2) is 37.9 Å². The summed E-state index contributed by atoms with van der Waals surface area (Å²) in [5.41, 5.74) is 5.91. The highest BCUT2D eigenvalue weighted by atomic mass is 16.5. The van der Waals surface area contributed by atoms with Crippen molar-refractivity contribution in [3.63, 3.8) is 0 Å². The molecule has 8 heteroatoms. The molecule has 32 heavy (non-hydrogen) atoms. The Labute approximate surface area is 188 Å². The molecule has 1 unspecified atom stereocenters. The van der Waals surface area contributed by atoms with Gasteiger partial charge in [0.15, 0.2) is 11.5 Å². The number of hydrogen-bond acceptors (Lipinski definition) is 7. The summed E-state index contributed by atoms with van der Waals surface area (Å²) < 4.78 is 12.7. The summed E-state index contributed by atoms with van der Waals surface area (Å²) >= 11 is 0. The van der Waals surface area contributed by atoms with Crippen LogP contribution in [0.1, 0.15) is 55.4 Å². The maximum atomic E-state index is 5.41. The lowest BCUT2D eigenvalue weighted by molar-refractivity contribution is 0.367. The first kappa shape index (κ1) is 21.8. The van der Waals surface area contributed by atoms with Gasteiger partial charge < -0.3 is 14.6 Å². The fourth-order valence-electron chi connectivity index (χ4n) is 3.86. The molecule has 0 radical (unpaired) electrons. The number of nitrogens with one attached hydrogen (secondary N) is 1. The molecular weight excluding hydrogens is 404 g/mol. The first-order chi connectivity index (χ1) is 15.3. The number of hydrogen-bond donors (Lipinski definition) is 1. The van der Waals surface area contributed by atoms with Gasteiger partial charge in [0.2, 0.25) is 5.89 Å². The lowest BCUT2D eigenvalue weighted by Crippen LogP contribution is -2.20. The van der Waals surface area contributed by atoms with Crippen molar-refractivity contribution in [2.75, 3.05) is 12.4 Å². The Hall–Kier alpha value is -3.42. The van der Waals surface area contributed by atoms with Gasteiger partial charge in [0, 0.05) is 35.7 Å². The number of fused-ring (bicyclic) bond motifs is 1. The summed E-state index contributed by atoms with van der Waals surface area (Å²) in [4.78, 5) is 9.31. The van der Waals surface area contributed by atoms with E-state index in [9.17, 15) is 0 Å². The SMILES string of the molecule is COc1ccc(-c2c(C)nn3c(NC(C)Cc4nc(C(C)C)no4)cc(C)nc23)c(C)c1. The molecule has 0 aliphatic rings. The second kappa shape index (κ2) is 8.61. The highest BCUT2D eigenvalue weighted by Crippen LogP contribution is 2.33. The molecule has 0 saturated heterocycles. The van der Waals surface area contributed by atoms with E-state index >= 15 is 0 Å². The quantitative estimate of drug-likeness (QED) is 0.443. The first-order valence-electron chi connectivity index (χ1n) is 10.9. The van der Waals surface area contributed by atoms with Gasteiger partial charge in [0.05, 0.1) is 12.8 Å². The van der Waals surface area contributed by atoms with E-state index in [2.05, 4.69) is 49.2 Å². The van der Waals surface area contributed by atoms with Crippen LogP contribution < -0.4 is 10.1 Å². The third-order valence-electron chi connectivity index (χ3n) is 5.47. The normalized spacial score (nSPS) is 12.5. The Kier molecular flexibility index (Phi) is 5.86. The minimum atomic E-state index is 0.0659. The van der Waals surface area contributed by atoms with Crippen LogP contribution in [-0.2, 0) is 6.42 Å². The highest BCUT2D eigenvalue weighted by Gasteiger charge is 2.19. The molecule has 3 aromatic heterocycles. The zero-order valence-corrected chi connectivity index (χ0v) is 19.7. The Morgan fingerprint density at radius 2 is 1.88 bits per heavy atom. The maximum Gasteiger partial charge on any atom is 0.228 e. The molecule has 0 bridgehead atoms. The number of anilines is 1. The number of benzene rings is 1. The smallest absolute Gasteiger partial charge is 0.228 e. The zero-order chi connectivity index (χ0) is 23.0. The fourth-order valence-corrected chi connectivity index (χ4v) is 3.86. The van der Waals surface area contributed by atoms with Gasteiger partial charge in [0.25, 0.3) is 0 Å². The van der Waals surface area contributed by atoms with Crippen molar-refractivity contribution in [3.05, 3.63) is 52.9 Å². The molecule has 4 aromatic rings. The third-order valence-corrected chi connectivity index (χ3v) is 5.47. The van der Waals surface area contributed by atoms with Crippen molar-refractivity contribution >= 4 is 11.5 Å². The topological polar surface area (TPSA) is 90.4 Å². The molecule has 0 fully saturated rings. The van der Waals surface area contributed by atoms with Crippen LogP contribution in [0, 0.1) is 20.8 Å². The Morgan fingerprint density at radius 1 is 1.09 bits per heavy atom. The Balaban J connectivity index is 1.68. The van der Waals surface area contributed by atoms with Gasteiger partial charge in [-0.2, -0.15) is 14.6 Å². The summed E-state index contributed by atoms with van der Waals surface area (Å²) in [7, 11) is 1.68. The second-order valence-corrected chi connectivity index (χ2v) is 8.61. The molecule has 0 amide bonds. The van der Waals surface area contributed by atoms with Gasteiger partial charge in [-0.3, -0.25) is 0 Å². The average molecular weight is 435 g/mol. The standard InChI is InChI=1S/C24H30N6O2/c1-13(2)23-27-21(32-29-23)12-16(5)25-20-11-15(4)26-24-22(17(6)28-30(20)24)19-9-8-18(31-7)10-14(19)3/h8-11,13,16,25H,12H2,1-7H3. The molecule has 0 aliphatic carbocycles. The maximum absolute atomic E-state index is 5.41. The van der Waals surface area contributed by atoms with E-state index in [-0.39, 0.29) is 12.0 Å². The number of aromatic nitrogens is 5. The molecule has 4 rings (SSSR count). The van der Waals surface area contributed by atoms with Crippen LogP contribution in [0.25, 0.3) is 16.8 Å². The molecule has 1 aromatic carbocycles. The molecule has 8 nitrogen and oxygen atoms in total. The molecule has 0 aliphatic heterocycles. The van der Waals surface area contributed by atoms with Gasteiger partial charge in [-0.05, 0) is 51.0 Å². The monoisotopic (exact) mass is 434 g/mol. The summed E-state index contributed by atoms with van der Waals surface area (Å²) in [6.07, 6.45) is 0.618. The lowest BCUT2D eigenvalue weighted by Gasteiger charge is -2.15. The van der Waals surface area contributed by atoms with Crippen LogP contribution >= 0.6 is 0 Å². The predicted molar refractivity (Wildman–Crippen MR) is 124 cm³/mol. The number of rotatable bonds is 7. The highest BCUT2D eigenvalue weighted by molar-refractivity contribution is 5.83. The van der Waals surface area contributed by atoms with Crippen molar-refractivity contribution in [2.45, 2.75) is 59.9 Å². The molecule has 0 saturated carbocycles. The lowest BCUT2D eigenvalue weighted by atomic mass is 10.0. The summed E-state index contributed by atoms with van der Waals surface area (Å²) in [5, 5.41) is 12.4. The zero-order valence-electron chi connectivity index (χ0n) is 19.7. The van der Waals surface area contributed by atoms with Gasteiger partial charge in [0.1, 0.15) is 11.6 Å². The van der Waals surface area contributed by atoms with Crippen LogP contribution in [0.15, 0.2) is 28.8 Å². The minimum absolute atomic E-state index is 0.0659. The average Bonchev–Trinajstić information content (AvgIpc) is 3.32. The summed E-state index contributed by atoms with van der Waals surface area (Å²) in [6, 6.07) is 8.15. The number of nitrogens with zero attached hydrogens (tertiary/aromatic N) is 5. The van der Waals surface area contributed by atoms with E-state index in [0.29, 0.717) is 12.3 Å². The van der Waals surface area contributed by atoms with Crippen molar-refractivity contribution in [1.29, 1.82) is 0 Å². The first-order valence-corrected chi connectivity index (χ1v) is 10.9. The number of methoxy groups -OCH3 is 1. The Morgan fingerprint density at radius 3 is 2.53 bits per heavy atom. The second-order valence-electron chi connectivity index (χ2n) is 8.61. The van der Waals surface area contributed by atoms with Gasteiger partial charge in [-0.25, -0.2) is 4.98 Å². The molecule has 1 atom stereocenters. The third kappa shape index (κ3) is 4.17. The largest absolute Gasteiger partial charge is 0.497 e. The van der Waals surface area contributed by atoms with Crippen LogP contribution in [0.2, 0.25) is 0 Å². The van der Waals surface area contributed by atoms with Gasteiger partial charge in [-0.15, -0.1) is 0 Å². The molecule has 0 spiro atoms. The van der Waals surface area contributed by atoms with Crippen molar-refractivity contribution < 1.29 is 9.26 Å². The molecule has 3 heterocycles. The van der Waals surface area contributed by atoms with Crippen molar-refractivity contribution in [1.82, 2.24) is 24.7 Å². The van der Waals surface area contributed by atoms with Crippen molar-refractivity contribution in [2.24, 2.45) is 0 Å². The molecule has 1 N–H and O–H groups in total. The van der Waals surface area contributed by atoms with Crippen LogP contribution in [0.3, 0.4) is 0 Å². The van der Waals surface area contributed by atoms with E-state index in [1.165, 1.54) is 0 Å². The molecule has 168 valence electrons. The van der Waals surface area contributed by atoms with E-state index in [0.717, 1.165) is 51.1 Å². The fraction of sp³-hybridized carbons (Fsp3) is 0.417. The predicted octanol–water partition coefficient (Wildman–Crippen LogP) is 4.88. The van der Waals surface area contributed by atoms with Crippen molar-refractivity contribution in [3.8, 4) is 16.9 Å². The Bertz CT molecular complexity index is 1260. The van der Waals surface area contributed by atoms with E-state index in [1.54, 1.807) is 7.11 Å². The van der Waals surface area contributed by atoms with Gasteiger partial charge in [-0.1, -0.05) is 25.1 Å². The number of ether oxygens (including phenoxy) is 1. The van der Waals surface area contributed by atoms with Crippen LogP contribution in [0.4, 0.5) is 5.82 Å². The minimum Gasteiger partial charge on any atom is -0.497 e. The van der Waals surface area contributed by atoms with E-state index in [4.69, 9.17) is 19.3 Å². The number of aryl methyl sites for hydroxylation is 3. The van der Waals surface area contributed by atoms with E-state index in [1.807, 2.05) is 36.6 Å². The van der Waals surface area contributed by atoms with Gasteiger partial charge >= 0.3 is 0 Å². The summed E-state index contributed by atoms with van der Waals surface area (Å²) in [5.74, 6) is 3.31.